The van der Waals surface area contributed by atoms with Crippen LogP contribution in [0.1, 0.15) is 21.5 Å². The van der Waals surface area contributed by atoms with Crippen molar-refractivity contribution in [3.05, 3.63) is 83.7 Å². The van der Waals surface area contributed by atoms with Crippen LogP contribution in [0.2, 0.25) is 0 Å². The molecule has 2 aromatic carbocycles. The molecule has 0 bridgehead atoms. The van der Waals surface area contributed by atoms with Gasteiger partial charge in [0, 0.05) is 12.1 Å². The summed E-state index contributed by atoms with van der Waals surface area (Å²) in [4.78, 5) is 18.2. The van der Waals surface area contributed by atoms with Gasteiger partial charge in [-0.15, -0.1) is 6.42 Å². The lowest BCUT2D eigenvalue weighted by Crippen LogP contribution is -2.31. The Hall–Kier alpha value is -3.46. The minimum absolute atomic E-state index is 0.167. The lowest BCUT2D eigenvalue weighted by molar-refractivity contribution is 0.0766. The van der Waals surface area contributed by atoms with Crippen molar-refractivity contribution in [2.75, 3.05) is 6.54 Å². The number of carbonyl (C=O) groups is 1. The maximum atomic E-state index is 13.0. The highest BCUT2D eigenvalue weighted by Crippen LogP contribution is 2.12. The molecule has 0 saturated heterocycles. The molecule has 0 N–H and O–H groups in total. The second kappa shape index (κ2) is 8.08. The molecule has 0 aliphatic heterocycles. The topological polar surface area (TPSA) is 51.0 Å². The molecule has 3 rings (SSSR count). The number of benzene rings is 2. The Morgan fingerprint density at radius 1 is 1.12 bits per heavy atom. The first-order chi connectivity index (χ1) is 12.7. The van der Waals surface area contributed by atoms with Gasteiger partial charge in [-0.25, -0.2) is 14.1 Å². The average Bonchev–Trinajstić information content (AvgIpc) is 3.16. The Labute approximate surface area is 151 Å². The van der Waals surface area contributed by atoms with E-state index in [1.807, 2.05) is 12.1 Å². The highest BCUT2D eigenvalue weighted by Gasteiger charge is 2.15. The van der Waals surface area contributed by atoms with Crippen LogP contribution in [0.4, 0.5) is 4.39 Å². The normalized spacial score (nSPS) is 10.3. The maximum absolute atomic E-state index is 13.0. The second-order valence-corrected chi connectivity index (χ2v) is 5.78. The minimum atomic E-state index is -0.313. The van der Waals surface area contributed by atoms with Gasteiger partial charge in [-0.1, -0.05) is 30.2 Å². The molecule has 0 fully saturated rings. The zero-order chi connectivity index (χ0) is 18.4. The lowest BCUT2D eigenvalue weighted by Gasteiger charge is -2.20. The van der Waals surface area contributed by atoms with Crippen LogP contribution >= 0.6 is 0 Å². The molecule has 0 saturated carbocycles. The number of carbonyl (C=O) groups excluding carboxylic acids is 1. The Kier molecular flexibility index (Phi) is 5.40. The summed E-state index contributed by atoms with van der Waals surface area (Å²) in [5, 5.41) is 4.06. The fraction of sp³-hybridized carbons (Fsp3) is 0.150. The molecular formula is C20H17FN4O. The minimum Gasteiger partial charge on any atom is -0.323 e. The summed E-state index contributed by atoms with van der Waals surface area (Å²) < 4.78 is 14.8. The van der Waals surface area contributed by atoms with E-state index in [1.165, 1.54) is 18.5 Å². The zero-order valence-corrected chi connectivity index (χ0v) is 14.0. The van der Waals surface area contributed by atoms with Crippen LogP contribution in [-0.4, -0.2) is 32.1 Å². The van der Waals surface area contributed by atoms with Gasteiger partial charge in [-0.3, -0.25) is 4.79 Å². The summed E-state index contributed by atoms with van der Waals surface area (Å²) in [5.41, 5.74) is 2.37. The lowest BCUT2D eigenvalue weighted by atomic mass is 10.1. The quantitative estimate of drug-likeness (QED) is 0.644. The van der Waals surface area contributed by atoms with E-state index in [-0.39, 0.29) is 18.3 Å². The van der Waals surface area contributed by atoms with Crippen LogP contribution in [0.3, 0.4) is 0 Å². The molecule has 0 unspecified atom stereocenters. The highest BCUT2D eigenvalue weighted by molar-refractivity contribution is 5.94. The second-order valence-electron chi connectivity index (χ2n) is 5.78. The Morgan fingerprint density at radius 2 is 1.81 bits per heavy atom. The smallest absolute Gasteiger partial charge is 0.254 e. The van der Waals surface area contributed by atoms with Gasteiger partial charge in [-0.2, -0.15) is 5.10 Å². The number of hydrogen-bond donors (Lipinski definition) is 0. The molecule has 6 heteroatoms. The van der Waals surface area contributed by atoms with Crippen molar-refractivity contribution < 1.29 is 9.18 Å². The SMILES string of the molecule is C#CCN(Cc1ccc(F)cc1)C(=O)c1ccc(Cn2cncn2)cc1. The van der Waals surface area contributed by atoms with Crippen molar-refractivity contribution in [2.45, 2.75) is 13.1 Å². The average molecular weight is 348 g/mol. The van der Waals surface area contributed by atoms with Gasteiger partial charge in [0.05, 0.1) is 13.1 Å². The largest absolute Gasteiger partial charge is 0.323 e. The van der Waals surface area contributed by atoms with Gasteiger partial charge in [0.1, 0.15) is 18.5 Å². The third-order valence-electron chi connectivity index (χ3n) is 3.87. The van der Waals surface area contributed by atoms with Gasteiger partial charge in [0.2, 0.25) is 0 Å². The van der Waals surface area contributed by atoms with E-state index in [1.54, 1.807) is 40.2 Å². The summed E-state index contributed by atoms with van der Waals surface area (Å²) in [7, 11) is 0. The van der Waals surface area contributed by atoms with Crippen LogP contribution in [0.25, 0.3) is 0 Å². The molecular weight excluding hydrogens is 331 g/mol. The van der Waals surface area contributed by atoms with E-state index >= 15 is 0 Å². The monoisotopic (exact) mass is 348 g/mol. The zero-order valence-electron chi connectivity index (χ0n) is 14.0. The molecule has 0 spiro atoms. The predicted octanol–water partition coefficient (Wildman–Crippen LogP) is 2.74. The van der Waals surface area contributed by atoms with E-state index in [0.717, 1.165) is 11.1 Å². The Bertz CT molecular complexity index is 896. The molecule has 1 amide bonds. The Morgan fingerprint density at radius 3 is 2.42 bits per heavy atom. The molecule has 26 heavy (non-hydrogen) atoms. The summed E-state index contributed by atoms with van der Waals surface area (Å²) >= 11 is 0. The van der Waals surface area contributed by atoms with Gasteiger partial charge in [0.25, 0.3) is 5.91 Å². The Balaban J connectivity index is 1.72. The number of terminal acetylenes is 1. The first kappa shape index (κ1) is 17.4. The van der Waals surface area contributed by atoms with Gasteiger partial charge in [0.15, 0.2) is 0 Å². The number of rotatable bonds is 6. The molecule has 0 aliphatic carbocycles. The van der Waals surface area contributed by atoms with Gasteiger partial charge < -0.3 is 4.90 Å². The number of nitrogens with zero attached hydrogens (tertiary/aromatic N) is 4. The van der Waals surface area contributed by atoms with Crippen LogP contribution in [0.5, 0.6) is 0 Å². The predicted molar refractivity (Wildman–Crippen MR) is 95.5 cm³/mol. The fourth-order valence-corrected chi connectivity index (χ4v) is 2.56. The van der Waals surface area contributed by atoms with Crippen molar-refractivity contribution >= 4 is 5.91 Å². The summed E-state index contributed by atoms with van der Waals surface area (Å²) in [6.45, 7) is 1.08. The van der Waals surface area contributed by atoms with Gasteiger partial charge in [-0.05, 0) is 35.4 Å². The number of aromatic nitrogens is 3. The van der Waals surface area contributed by atoms with E-state index in [4.69, 9.17) is 6.42 Å². The molecule has 0 atom stereocenters. The van der Waals surface area contributed by atoms with Crippen molar-refractivity contribution in [2.24, 2.45) is 0 Å². The molecule has 5 nitrogen and oxygen atoms in total. The van der Waals surface area contributed by atoms with Crippen molar-refractivity contribution in [3.8, 4) is 12.3 Å². The van der Waals surface area contributed by atoms with Crippen LogP contribution in [0, 0.1) is 18.2 Å². The molecule has 1 aromatic heterocycles. The summed E-state index contributed by atoms with van der Waals surface area (Å²) in [5.74, 6) is 2.02. The van der Waals surface area contributed by atoms with Crippen molar-refractivity contribution in [3.63, 3.8) is 0 Å². The third-order valence-corrected chi connectivity index (χ3v) is 3.87. The number of hydrogen-bond acceptors (Lipinski definition) is 3. The molecule has 0 radical (unpaired) electrons. The van der Waals surface area contributed by atoms with E-state index < -0.39 is 0 Å². The highest BCUT2D eigenvalue weighted by atomic mass is 19.1. The summed E-state index contributed by atoms with van der Waals surface area (Å²) in [6.07, 6.45) is 8.52. The first-order valence-electron chi connectivity index (χ1n) is 8.04. The van der Waals surface area contributed by atoms with E-state index in [0.29, 0.717) is 18.7 Å². The molecule has 1 heterocycles. The summed E-state index contributed by atoms with van der Waals surface area (Å²) in [6, 6.07) is 13.3. The molecule has 3 aromatic rings. The van der Waals surface area contributed by atoms with E-state index in [2.05, 4.69) is 16.0 Å². The molecule has 0 aliphatic rings. The standard InChI is InChI=1S/C20H17FN4O/c1-2-11-24(12-16-5-9-19(21)10-6-16)20(26)18-7-3-17(4-8-18)13-25-15-22-14-23-25/h1,3-10,14-15H,11-13H2. The molecule has 130 valence electrons. The fourth-order valence-electron chi connectivity index (χ4n) is 2.56. The van der Waals surface area contributed by atoms with Crippen LogP contribution in [0.15, 0.2) is 61.2 Å². The first-order valence-corrected chi connectivity index (χ1v) is 8.04. The van der Waals surface area contributed by atoms with Crippen molar-refractivity contribution in [1.82, 2.24) is 19.7 Å². The third kappa shape index (κ3) is 4.33. The van der Waals surface area contributed by atoms with Crippen molar-refractivity contribution in [1.29, 1.82) is 0 Å². The van der Waals surface area contributed by atoms with Gasteiger partial charge >= 0.3 is 0 Å². The van der Waals surface area contributed by atoms with Crippen LogP contribution < -0.4 is 0 Å². The maximum Gasteiger partial charge on any atom is 0.254 e. The number of halogens is 1. The van der Waals surface area contributed by atoms with Crippen LogP contribution in [-0.2, 0) is 13.1 Å². The van der Waals surface area contributed by atoms with E-state index in [9.17, 15) is 9.18 Å². The number of amides is 1.